The van der Waals surface area contributed by atoms with E-state index in [1.165, 1.54) is 4.31 Å². The van der Waals surface area contributed by atoms with Crippen LogP contribution in [0.25, 0.3) is 5.57 Å². The second kappa shape index (κ2) is 11.6. The Morgan fingerprint density at radius 3 is 2.30 bits per heavy atom. The normalized spacial score (nSPS) is 14.0. The molecule has 1 N–H and O–H groups in total. The van der Waals surface area contributed by atoms with Crippen LogP contribution in [0.1, 0.15) is 27.8 Å². The predicted octanol–water partition coefficient (Wildman–Crippen LogP) is 6.26. The highest BCUT2D eigenvalue weighted by Gasteiger charge is 2.41. The van der Waals surface area contributed by atoms with E-state index in [4.69, 9.17) is 16.3 Å². The molecule has 0 unspecified atom stereocenters. The molecule has 5 rings (SSSR count). The maximum atomic E-state index is 14.3. The molecule has 1 amide bonds. The molecule has 0 aliphatic carbocycles. The number of fused-ring (bicyclic) bond motifs is 1. The van der Waals surface area contributed by atoms with E-state index >= 15 is 0 Å². The third-order valence-corrected chi connectivity index (χ3v) is 8.73. The van der Waals surface area contributed by atoms with Crippen LogP contribution in [0.5, 0.6) is 5.75 Å². The third-order valence-electron chi connectivity index (χ3n) is 6.69. The minimum atomic E-state index is -4.27. The summed E-state index contributed by atoms with van der Waals surface area (Å²) in [5.74, 6) is 0.0127. The fourth-order valence-electron chi connectivity index (χ4n) is 4.83. The molecule has 4 aromatic rings. The second-order valence-corrected chi connectivity index (χ2v) is 11.8. The van der Waals surface area contributed by atoms with Crippen LogP contribution in [-0.2, 0) is 21.4 Å². The topological polar surface area (TPSA) is 75.7 Å². The summed E-state index contributed by atoms with van der Waals surface area (Å²) in [6.07, 6.45) is 0. The standard InChI is InChI=1S/C32H29ClN2O4S/c1-22-13-16-29(23(2)19-22)39-18-17-34-32(36)31-30(25-11-7-4-8-12-25)27-20-26(33)14-15-28(27)35(40(31,37)38)21-24-9-5-3-6-10-24/h3-16,19-20H,17-18,21H2,1-2H3,(H,34,36). The van der Waals surface area contributed by atoms with Crippen LogP contribution in [0, 0.1) is 13.8 Å². The summed E-state index contributed by atoms with van der Waals surface area (Å²) >= 11 is 6.41. The van der Waals surface area contributed by atoms with Gasteiger partial charge in [0.2, 0.25) is 0 Å². The van der Waals surface area contributed by atoms with Crippen molar-refractivity contribution in [1.82, 2.24) is 5.32 Å². The van der Waals surface area contributed by atoms with E-state index in [2.05, 4.69) is 5.32 Å². The van der Waals surface area contributed by atoms with E-state index in [-0.39, 0.29) is 24.6 Å². The molecule has 0 saturated heterocycles. The zero-order chi connectivity index (χ0) is 28.3. The van der Waals surface area contributed by atoms with Crippen LogP contribution >= 0.6 is 11.6 Å². The first-order chi connectivity index (χ1) is 19.3. The van der Waals surface area contributed by atoms with Gasteiger partial charge in [0.05, 0.1) is 18.8 Å². The Hall–Kier alpha value is -4.07. The maximum absolute atomic E-state index is 14.3. The molecule has 1 aliphatic rings. The molecule has 204 valence electrons. The lowest BCUT2D eigenvalue weighted by Gasteiger charge is -2.33. The number of nitrogens with zero attached hydrogens (tertiary/aromatic N) is 1. The number of ether oxygens (including phenoxy) is 1. The Labute approximate surface area is 239 Å². The van der Waals surface area contributed by atoms with E-state index in [9.17, 15) is 13.2 Å². The molecule has 1 heterocycles. The van der Waals surface area contributed by atoms with Gasteiger partial charge in [0.25, 0.3) is 15.9 Å². The molecule has 6 nitrogen and oxygen atoms in total. The summed E-state index contributed by atoms with van der Waals surface area (Å²) in [5, 5.41) is 3.22. The van der Waals surface area contributed by atoms with Crippen molar-refractivity contribution in [2.75, 3.05) is 17.5 Å². The molecule has 0 spiro atoms. The lowest BCUT2D eigenvalue weighted by Crippen LogP contribution is -2.42. The van der Waals surface area contributed by atoms with E-state index in [0.717, 1.165) is 16.7 Å². The third kappa shape index (κ3) is 5.62. The highest BCUT2D eigenvalue weighted by molar-refractivity contribution is 7.97. The average Bonchev–Trinajstić information content (AvgIpc) is 2.94. The minimum Gasteiger partial charge on any atom is -0.491 e. The molecule has 0 aromatic heterocycles. The summed E-state index contributed by atoms with van der Waals surface area (Å²) in [5.41, 5.74) is 4.85. The average molecular weight is 573 g/mol. The van der Waals surface area contributed by atoms with Gasteiger partial charge in [0.15, 0.2) is 4.91 Å². The van der Waals surface area contributed by atoms with E-state index in [1.54, 1.807) is 30.3 Å². The zero-order valence-corrected chi connectivity index (χ0v) is 23.8. The van der Waals surface area contributed by atoms with Crippen molar-refractivity contribution in [3.63, 3.8) is 0 Å². The maximum Gasteiger partial charge on any atom is 0.270 e. The van der Waals surface area contributed by atoms with Crippen molar-refractivity contribution >= 4 is 38.8 Å². The highest BCUT2D eigenvalue weighted by Crippen LogP contribution is 2.44. The Kier molecular flexibility index (Phi) is 7.96. The van der Waals surface area contributed by atoms with Gasteiger partial charge in [-0.1, -0.05) is 90.0 Å². The van der Waals surface area contributed by atoms with Gasteiger partial charge in [-0.3, -0.25) is 9.10 Å². The lowest BCUT2D eigenvalue weighted by atomic mass is 9.95. The number of nitrogens with one attached hydrogen (secondary N) is 1. The zero-order valence-electron chi connectivity index (χ0n) is 22.2. The molecule has 0 radical (unpaired) electrons. The summed E-state index contributed by atoms with van der Waals surface area (Å²) in [7, 11) is -4.27. The number of benzene rings is 4. The van der Waals surface area contributed by atoms with Crippen LogP contribution < -0.4 is 14.4 Å². The number of rotatable bonds is 8. The highest BCUT2D eigenvalue weighted by atomic mass is 35.5. The number of carbonyl (C=O) groups is 1. The van der Waals surface area contributed by atoms with Crippen LogP contribution in [0.4, 0.5) is 5.69 Å². The van der Waals surface area contributed by atoms with Crippen molar-refractivity contribution in [2.45, 2.75) is 20.4 Å². The van der Waals surface area contributed by atoms with Crippen LogP contribution in [0.3, 0.4) is 0 Å². The van der Waals surface area contributed by atoms with Crippen LogP contribution in [0.2, 0.25) is 5.02 Å². The fourth-order valence-corrected chi connectivity index (χ4v) is 6.75. The number of amides is 1. The lowest BCUT2D eigenvalue weighted by molar-refractivity contribution is -0.116. The summed E-state index contributed by atoms with van der Waals surface area (Å²) in [6, 6.07) is 29.2. The molecular weight excluding hydrogens is 544 g/mol. The Morgan fingerprint density at radius 1 is 0.900 bits per heavy atom. The largest absolute Gasteiger partial charge is 0.491 e. The number of sulfonamides is 1. The quantitative estimate of drug-likeness (QED) is 0.253. The smallest absolute Gasteiger partial charge is 0.270 e. The van der Waals surface area contributed by atoms with Gasteiger partial charge in [0, 0.05) is 16.2 Å². The van der Waals surface area contributed by atoms with Gasteiger partial charge < -0.3 is 10.1 Å². The van der Waals surface area contributed by atoms with Gasteiger partial charge in [0.1, 0.15) is 12.4 Å². The molecule has 0 bridgehead atoms. The molecular formula is C32H29ClN2O4S. The first kappa shape index (κ1) is 27.5. The first-order valence-electron chi connectivity index (χ1n) is 12.9. The number of hydrogen-bond donors (Lipinski definition) is 1. The minimum absolute atomic E-state index is 0.0620. The van der Waals surface area contributed by atoms with Crippen molar-refractivity contribution in [1.29, 1.82) is 0 Å². The molecule has 4 aromatic carbocycles. The summed E-state index contributed by atoms with van der Waals surface area (Å²) < 4.78 is 35.7. The van der Waals surface area contributed by atoms with Gasteiger partial charge in [-0.15, -0.1) is 0 Å². The monoisotopic (exact) mass is 572 g/mol. The van der Waals surface area contributed by atoms with Gasteiger partial charge in [-0.2, -0.15) is 0 Å². The number of carbonyl (C=O) groups excluding carboxylic acids is 1. The molecule has 0 atom stereocenters. The summed E-state index contributed by atoms with van der Waals surface area (Å²) in [4.78, 5) is 13.4. The van der Waals surface area contributed by atoms with E-state index in [1.807, 2.05) is 80.6 Å². The van der Waals surface area contributed by atoms with Crippen molar-refractivity contribution in [2.24, 2.45) is 0 Å². The number of aryl methyl sites for hydroxylation is 2. The Balaban J connectivity index is 1.54. The van der Waals surface area contributed by atoms with E-state index in [0.29, 0.717) is 33.2 Å². The number of halogens is 1. The van der Waals surface area contributed by atoms with Crippen molar-refractivity contribution < 1.29 is 17.9 Å². The van der Waals surface area contributed by atoms with E-state index < -0.39 is 15.9 Å². The summed E-state index contributed by atoms with van der Waals surface area (Å²) in [6.45, 7) is 4.32. The first-order valence-corrected chi connectivity index (χ1v) is 14.7. The van der Waals surface area contributed by atoms with Crippen molar-refractivity contribution in [3.8, 4) is 5.75 Å². The van der Waals surface area contributed by atoms with Crippen LogP contribution in [0.15, 0.2) is 102 Å². The molecule has 8 heteroatoms. The van der Waals surface area contributed by atoms with Gasteiger partial charge >= 0.3 is 0 Å². The fraction of sp³-hybridized carbons (Fsp3) is 0.156. The molecule has 1 aliphatic heterocycles. The Bertz CT molecular complexity index is 1690. The number of hydrogen-bond acceptors (Lipinski definition) is 4. The molecule has 0 saturated carbocycles. The van der Waals surface area contributed by atoms with Crippen LogP contribution in [-0.4, -0.2) is 27.5 Å². The molecule has 0 fully saturated rings. The molecule has 40 heavy (non-hydrogen) atoms. The second-order valence-electron chi connectivity index (χ2n) is 9.60. The SMILES string of the molecule is Cc1ccc(OCCNC(=O)C2=C(c3ccccc3)c3cc(Cl)ccc3N(Cc3ccccc3)S2(=O)=O)c(C)c1. The van der Waals surface area contributed by atoms with Gasteiger partial charge in [-0.25, -0.2) is 8.42 Å². The van der Waals surface area contributed by atoms with Crippen molar-refractivity contribution in [3.05, 3.63) is 135 Å². The number of anilines is 1. The predicted molar refractivity (Wildman–Crippen MR) is 160 cm³/mol. The Morgan fingerprint density at radius 2 is 1.60 bits per heavy atom. The van der Waals surface area contributed by atoms with Gasteiger partial charge in [-0.05, 0) is 54.8 Å².